The van der Waals surface area contributed by atoms with Crippen LogP contribution in [0, 0.1) is 0 Å². The number of halogens is 1. The molecule has 1 aromatic heterocycles. The Morgan fingerprint density at radius 2 is 2.06 bits per heavy atom. The van der Waals surface area contributed by atoms with Crippen molar-refractivity contribution in [1.29, 1.82) is 0 Å². The van der Waals surface area contributed by atoms with Gasteiger partial charge in [-0.15, -0.1) is 0 Å². The summed E-state index contributed by atoms with van der Waals surface area (Å²) < 4.78 is 5.50. The molecule has 0 radical (unpaired) electrons. The van der Waals surface area contributed by atoms with Gasteiger partial charge < -0.3 is 15.0 Å². The first-order valence-corrected chi connectivity index (χ1v) is 6.43. The molecule has 0 spiro atoms. The Morgan fingerprint density at radius 1 is 1.33 bits per heavy atom. The fourth-order valence-electron chi connectivity index (χ4n) is 1.84. The fraction of sp³-hybridized carbons (Fsp3) is 0.727. The number of nitrogens with zero attached hydrogens (tertiary/aromatic N) is 4. The summed E-state index contributed by atoms with van der Waals surface area (Å²) in [6.45, 7) is 2.77. The van der Waals surface area contributed by atoms with Gasteiger partial charge in [0.25, 0.3) is 0 Å². The van der Waals surface area contributed by atoms with Crippen molar-refractivity contribution in [3.05, 3.63) is 5.28 Å². The minimum absolute atomic E-state index is 0.205. The van der Waals surface area contributed by atoms with Crippen LogP contribution in [0.25, 0.3) is 0 Å². The third kappa shape index (κ3) is 3.20. The van der Waals surface area contributed by atoms with E-state index in [1.165, 1.54) is 0 Å². The molecule has 1 aromatic rings. The molecule has 1 aliphatic carbocycles. The van der Waals surface area contributed by atoms with Gasteiger partial charge in [-0.2, -0.15) is 15.0 Å². The third-order valence-electron chi connectivity index (χ3n) is 2.83. The van der Waals surface area contributed by atoms with E-state index < -0.39 is 0 Å². The van der Waals surface area contributed by atoms with E-state index >= 15 is 0 Å². The molecular weight excluding hydrogens is 254 g/mol. The van der Waals surface area contributed by atoms with E-state index in [0.717, 1.165) is 19.4 Å². The Morgan fingerprint density at radius 3 is 2.67 bits per heavy atom. The van der Waals surface area contributed by atoms with Crippen LogP contribution in [0.4, 0.5) is 11.9 Å². The summed E-state index contributed by atoms with van der Waals surface area (Å²) in [5.41, 5.74) is 0. The van der Waals surface area contributed by atoms with Gasteiger partial charge >= 0.3 is 0 Å². The van der Waals surface area contributed by atoms with Gasteiger partial charge in [-0.1, -0.05) is 0 Å². The molecule has 0 aliphatic heterocycles. The second-order valence-electron chi connectivity index (χ2n) is 4.51. The molecule has 0 aromatic carbocycles. The summed E-state index contributed by atoms with van der Waals surface area (Å²) in [7, 11) is 3.73. The van der Waals surface area contributed by atoms with Crippen molar-refractivity contribution >= 4 is 23.5 Å². The first-order valence-electron chi connectivity index (χ1n) is 6.05. The molecule has 100 valence electrons. The first kappa shape index (κ1) is 13.3. The lowest BCUT2D eigenvalue weighted by Gasteiger charge is -2.35. The van der Waals surface area contributed by atoms with Crippen molar-refractivity contribution in [1.82, 2.24) is 15.0 Å². The van der Waals surface area contributed by atoms with Gasteiger partial charge in [-0.3, -0.25) is 0 Å². The number of nitrogens with one attached hydrogen (secondary N) is 1. The molecule has 1 N–H and O–H groups in total. The van der Waals surface area contributed by atoms with Crippen molar-refractivity contribution < 1.29 is 4.74 Å². The van der Waals surface area contributed by atoms with Crippen molar-refractivity contribution in [2.24, 2.45) is 0 Å². The monoisotopic (exact) mass is 271 g/mol. The lowest BCUT2D eigenvalue weighted by Crippen LogP contribution is -2.41. The minimum Gasteiger partial charge on any atom is -0.378 e. The number of anilines is 2. The second kappa shape index (κ2) is 5.67. The topological polar surface area (TPSA) is 63.2 Å². The van der Waals surface area contributed by atoms with Gasteiger partial charge in [0.05, 0.1) is 6.10 Å². The zero-order valence-corrected chi connectivity index (χ0v) is 11.6. The molecule has 0 amide bonds. The number of hydrogen-bond donors (Lipinski definition) is 1. The van der Waals surface area contributed by atoms with Crippen LogP contribution in [0.2, 0.25) is 5.28 Å². The van der Waals surface area contributed by atoms with E-state index in [1.807, 2.05) is 21.0 Å². The Kier molecular flexibility index (Phi) is 4.19. The minimum atomic E-state index is 0.205. The molecule has 0 unspecified atom stereocenters. The molecule has 7 heteroatoms. The fourth-order valence-corrected chi connectivity index (χ4v) is 2.00. The summed E-state index contributed by atoms with van der Waals surface area (Å²) in [6, 6.07) is 0.357. The molecule has 2 rings (SSSR count). The summed E-state index contributed by atoms with van der Waals surface area (Å²) in [6.07, 6.45) is 2.32. The van der Waals surface area contributed by atoms with Crippen LogP contribution in [0.15, 0.2) is 0 Å². The van der Waals surface area contributed by atoms with Crippen LogP contribution >= 0.6 is 11.6 Å². The molecule has 1 heterocycles. The molecule has 0 atom stereocenters. The van der Waals surface area contributed by atoms with Crippen molar-refractivity contribution in [3.63, 3.8) is 0 Å². The summed E-state index contributed by atoms with van der Waals surface area (Å²) in [4.78, 5) is 14.2. The van der Waals surface area contributed by atoms with Gasteiger partial charge in [0.2, 0.25) is 17.2 Å². The van der Waals surface area contributed by atoms with Crippen molar-refractivity contribution in [3.8, 4) is 0 Å². The summed E-state index contributed by atoms with van der Waals surface area (Å²) in [5.74, 6) is 1.08. The average Bonchev–Trinajstić information content (AvgIpc) is 2.25. The Labute approximate surface area is 112 Å². The van der Waals surface area contributed by atoms with Crippen LogP contribution in [0.3, 0.4) is 0 Å². The molecule has 6 nitrogen and oxygen atoms in total. The van der Waals surface area contributed by atoms with Gasteiger partial charge in [-0.25, -0.2) is 0 Å². The lowest BCUT2D eigenvalue weighted by atomic mass is 9.89. The highest BCUT2D eigenvalue weighted by Crippen LogP contribution is 2.26. The van der Waals surface area contributed by atoms with Gasteiger partial charge in [0, 0.05) is 26.7 Å². The standard InChI is InChI=1S/C11H18ClN5O/c1-4-18-8-5-7(6-8)13-10-14-9(12)15-11(16-10)17(2)3/h7-8H,4-6H2,1-3H3,(H,13,14,15,16). The van der Waals surface area contributed by atoms with Crippen LogP contribution < -0.4 is 10.2 Å². The van der Waals surface area contributed by atoms with E-state index in [9.17, 15) is 0 Å². The molecule has 0 saturated heterocycles. The van der Waals surface area contributed by atoms with E-state index in [4.69, 9.17) is 16.3 Å². The maximum absolute atomic E-state index is 5.86. The van der Waals surface area contributed by atoms with Crippen LogP contribution in [-0.4, -0.2) is 47.8 Å². The van der Waals surface area contributed by atoms with Crippen LogP contribution in [-0.2, 0) is 4.74 Å². The number of ether oxygens (including phenoxy) is 1. The highest BCUT2D eigenvalue weighted by atomic mass is 35.5. The molecular formula is C11H18ClN5O. The van der Waals surface area contributed by atoms with E-state index in [0.29, 0.717) is 24.0 Å². The smallest absolute Gasteiger partial charge is 0.230 e. The number of aromatic nitrogens is 3. The Balaban J connectivity index is 1.94. The quantitative estimate of drug-likeness (QED) is 0.877. The maximum Gasteiger partial charge on any atom is 0.230 e. The van der Waals surface area contributed by atoms with E-state index in [1.54, 1.807) is 4.90 Å². The lowest BCUT2D eigenvalue weighted by molar-refractivity contribution is 0.00285. The van der Waals surface area contributed by atoms with Crippen LogP contribution in [0.1, 0.15) is 19.8 Å². The SMILES string of the molecule is CCOC1CC(Nc2nc(Cl)nc(N(C)C)n2)C1. The Bertz CT molecular complexity index is 408. The van der Waals surface area contributed by atoms with Crippen molar-refractivity contribution in [2.75, 3.05) is 30.9 Å². The molecule has 1 saturated carbocycles. The maximum atomic E-state index is 5.86. The van der Waals surface area contributed by atoms with E-state index in [2.05, 4.69) is 20.3 Å². The average molecular weight is 272 g/mol. The summed E-state index contributed by atoms with van der Waals surface area (Å²) in [5, 5.41) is 3.45. The molecule has 1 fully saturated rings. The van der Waals surface area contributed by atoms with Gasteiger partial charge in [-0.05, 0) is 31.4 Å². The largest absolute Gasteiger partial charge is 0.378 e. The predicted octanol–water partition coefficient (Wildman–Crippen LogP) is 1.57. The number of hydrogen-bond acceptors (Lipinski definition) is 6. The van der Waals surface area contributed by atoms with E-state index in [-0.39, 0.29) is 5.28 Å². The Hall–Kier alpha value is -1.14. The zero-order valence-electron chi connectivity index (χ0n) is 10.9. The first-order chi connectivity index (χ1) is 8.58. The molecule has 0 bridgehead atoms. The van der Waals surface area contributed by atoms with Crippen molar-refractivity contribution in [2.45, 2.75) is 31.9 Å². The van der Waals surface area contributed by atoms with Crippen LogP contribution in [0.5, 0.6) is 0 Å². The van der Waals surface area contributed by atoms with Gasteiger partial charge in [0.15, 0.2) is 0 Å². The zero-order chi connectivity index (χ0) is 13.1. The number of rotatable bonds is 5. The molecule has 18 heavy (non-hydrogen) atoms. The second-order valence-corrected chi connectivity index (χ2v) is 4.85. The highest BCUT2D eigenvalue weighted by Gasteiger charge is 2.30. The third-order valence-corrected chi connectivity index (χ3v) is 3.00. The molecule has 1 aliphatic rings. The predicted molar refractivity (Wildman–Crippen MR) is 71.2 cm³/mol. The summed E-state index contributed by atoms with van der Waals surface area (Å²) >= 11 is 5.86. The highest BCUT2D eigenvalue weighted by molar-refractivity contribution is 6.28. The van der Waals surface area contributed by atoms with Gasteiger partial charge in [0.1, 0.15) is 0 Å². The normalized spacial score (nSPS) is 22.4.